The van der Waals surface area contributed by atoms with E-state index in [0.29, 0.717) is 0 Å². The number of nitrogens with one attached hydrogen (secondary N) is 1. The molecule has 1 heterocycles. The molecule has 0 aliphatic rings. The molecule has 1 aromatic carbocycles. The second-order valence-corrected chi connectivity index (χ2v) is 4.18. The number of nitrogens with zero attached hydrogens (tertiary/aromatic N) is 1. The molecule has 0 aliphatic heterocycles. The molecular formula is C12H15N3. The Kier molecular flexibility index (Phi) is 2.23. The zero-order chi connectivity index (χ0) is 10.9. The molecule has 78 valence electrons. The summed E-state index contributed by atoms with van der Waals surface area (Å²) < 4.78 is 0. The first kappa shape index (κ1) is 9.77. The lowest BCUT2D eigenvalue weighted by Crippen LogP contribution is -2.21. The normalized spacial score (nSPS) is 11.6. The Labute approximate surface area is 89.3 Å². The Morgan fingerprint density at radius 1 is 1.20 bits per heavy atom. The lowest BCUT2D eigenvalue weighted by Gasteiger charge is -2.25. The second-order valence-electron chi connectivity index (χ2n) is 4.18. The van der Waals surface area contributed by atoms with Gasteiger partial charge in [0.05, 0.1) is 0 Å². The lowest BCUT2D eigenvalue weighted by molar-refractivity contribution is 0.616. The third kappa shape index (κ3) is 1.61. The summed E-state index contributed by atoms with van der Waals surface area (Å²) in [6, 6.07) is 9.90. The summed E-state index contributed by atoms with van der Waals surface area (Å²) in [6.07, 6.45) is 1.76. The van der Waals surface area contributed by atoms with E-state index in [1.807, 2.05) is 24.3 Å². The maximum atomic E-state index is 5.98. The van der Waals surface area contributed by atoms with Crippen LogP contribution in [-0.4, -0.2) is 10.2 Å². The van der Waals surface area contributed by atoms with Gasteiger partial charge in [-0.15, -0.1) is 0 Å². The molecular weight excluding hydrogens is 186 g/mol. The number of hydrogen-bond donors (Lipinski definition) is 2. The van der Waals surface area contributed by atoms with Crippen molar-refractivity contribution in [1.29, 1.82) is 0 Å². The standard InChI is InChI=1S/C12H15N3/c1-12(2,11-7-8-14-15-11)9-5-3-4-6-10(9)13/h3-8H,13H2,1-2H3,(H,14,15). The van der Waals surface area contributed by atoms with Crippen molar-refractivity contribution < 1.29 is 0 Å². The monoisotopic (exact) mass is 201 g/mol. The first-order valence-corrected chi connectivity index (χ1v) is 4.97. The van der Waals surface area contributed by atoms with Gasteiger partial charge in [-0.25, -0.2) is 0 Å². The van der Waals surface area contributed by atoms with Crippen molar-refractivity contribution in [3.63, 3.8) is 0 Å². The van der Waals surface area contributed by atoms with Crippen LogP contribution in [0.5, 0.6) is 0 Å². The van der Waals surface area contributed by atoms with Crippen molar-refractivity contribution in [1.82, 2.24) is 10.2 Å². The SMILES string of the molecule is CC(C)(c1ccn[nH]1)c1ccccc1N. The smallest absolute Gasteiger partial charge is 0.0490 e. The number of hydrogen-bond acceptors (Lipinski definition) is 2. The van der Waals surface area contributed by atoms with Crippen LogP contribution in [0.1, 0.15) is 25.1 Å². The minimum atomic E-state index is -0.137. The first-order valence-electron chi connectivity index (χ1n) is 4.97. The predicted molar refractivity (Wildman–Crippen MR) is 61.6 cm³/mol. The molecule has 1 aromatic heterocycles. The van der Waals surface area contributed by atoms with Crippen LogP contribution in [0.3, 0.4) is 0 Å². The summed E-state index contributed by atoms with van der Waals surface area (Å²) in [7, 11) is 0. The van der Waals surface area contributed by atoms with Crippen LogP contribution in [0.25, 0.3) is 0 Å². The van der Waals surface area contributed by atoms with E-state index in [-0.39, 0.29) is 5.41 Å². The fourth-order valence-electron chi connectivity index (χ4n) is 1.82. The van der Waals surface area contributed by atoms with Crippen LogP contribution in [-0.2, 0) is 5.41 Å². The molecule has 0 atom stereocenters. The number of benzene rings is 1. The molecule has 0 saturated heterocycles. The summed E-state index contributed by atoms with van der Waals surface area (Å²) in [4.78, 5) is 0. The molecule has 2 aromatic rings. The minimum Gasteiger partial charge on any atom is -0.398 e. The van der Waals surface area contributed by atoms with E-state index >= 15 is 0 Å². The fraction of sp³-hybridized carbons (Fsp3) is 0.250. The predicted octanol–water partition coefficient (Wildman–Crippen LogP) is 2.32. The van der Waals surface area contributed by atoms with Gasteiger partial charge in [-0.1, -0.05) is 32.0 Å². The van der Waals surface area contributed by atoms with Gasteiger partial charge in [0.1, 0.15) is 0 Å². The van der Waals surface area contributed by atoms with Crippen molar-refractivity contribution in [2.24, 2.45) is 0 Å². The number of nitrogen functional groups attached to an aromatic ring is 1. The Morgan fingerprint density at radius 3 is 2.53 bits per heavy atom. The van der Waals surface area contributed by atoms with Crippen LogP contribution < -0.4 is 5.73 Å². The molecule has 0 bridgehead atoms. The Hall–Kier alpha value is -1.77. The van der Waals surface area contributed by atoms with E-state index in [9.17, 15) is 0 Å². The van der Waals surface area contributed by atoms with Crippen LogP contribution in [0, 0.1) is 0 Å². The molecule has 15 heavy (non-hydrogen) atoms. The summed E-state index contributed by atoms with van der Waals surface area (Å²) >= 11 is 0. The molecule has 0 amide bonds. The van der Waals surface area contributed by atoms with E-state index in [2.05, 4.69) is 30.1 Å². The highest BCUT2D eigenvalue weighted by Crippen LogP contribution is 2.33. The maximum Gasteiger partial charge on any atom is 0.0490 e. The van der Waals surface area contributed by atoms with Crippen LogP contribution in [0.4, 0.5) is 5.69 Å². The van der Waals surface area contributed by atoms with E-state index < -0.39 is 0 Å². The van der Waals surface area contributed by atoms with Crippen LogP contribution >= 0.6 is 0 Å². The largest absolute Gasteiger partial charge is 0.398 e. The molecule has 2 rings (SSSR count). The number of aromatic nitrogens is 2. The van der Waals surface area contributed by atoms with E-state index in [4.69, 9.17) is 5.73 Å². The Morgan fingerprint density at radius 2 is 1.93 bits per heavy atom. The Balaban J connectivity index is 2.51. The van der Waals surface area contributed by atoms with E-state index in [1.165, 1.54) is 0 Å². The average Bonchev–Trinajstić information content (AvgIpc) is 2.71. The van der Waals surface area contributed by atoms with Gasteiger partial charge in [0.25, 0.3) is 0 Å². The number of rotatable bonds is 2. The van der Waals surface area contributed by atoms with Gasteiger partial charge in [0.15, 0.2) is 0 Å². The van der Waals surface area contributed by atoms with Crippen molar-refractivity contribution in [2.75, 3.05) is 5.73 Å². The molecule has 3 heteroatoms. The highest BCUT2D eigenvalue weighted by atomic mass is 15.1. The van der Waals surface area contributed by atoms with Gasteiger partial charge >= 0.3 is 0 Å². The number of para-hydroxylation sites is 1. The number of aromatic amines is 1. The molecule has 3 N–H and O–H groups in total. The number of nitrogens with two attached hydrogens (primary N) is 1. The third-order valence-corrected chi connectivity index (χ3v) is 2.81. The topological polar surface area (TPSA) is 54.7 Å². The first-order chi connectivity index (χ1) is 7.12. The Bertz CT molecular complexity index is 444. The molecule has 3 nitrogen and oxygen atoms in total. The van der Waals surface area contributed by atoms with Gasteiger partial charge in [-0.3, -0.25) is 5.10 Å². The van der Waals surface area contributed by atoms with Gasteiger partial charge in [0, 0.05) is 23.0 Å². The number of H-pyrrole nitrogens is 1. The molecule has 0 unspecified atom stereocenters. The van der Waals surface area contributed by atoms with Crippen LogP contribution in [0.2, 0.25) is 0 Å². The molecule has 0 radical (unpaired) electrons. The maximum absolute atomic E-state index is 5.98. The van der Waals surface area contributed by atoms with Crippen molar-refractivity contribution in [2.45, 2.75) is 19.3 Å². The third-order valence-electron chi connectivity index (χ3n) is 2.81. The summed E-state index contributed by atoms with van der Waals surface area (Å²) in [5.41, 5.74) is 8.85. The molecule has 0 fully saturated rings. The second kappa shape index (κ2) is 3.42. The molecule has 0 saturated carbocycles. The van der Waals surface area contributed by atoms with Crippen molar-refractivity contribution in [3.8, 4) is 0 Å². The summed E-state index contributed by atoms with van der Waals surface area (Å²) in [6.45, 7) is 4.26. The van der Waals surface area contributed by atoms with E-state index in [0.717, 1.165) is 16.9 Å². The average molecular weight is 201 g/mol. The fourth-order valence-corrected chi connectivity index (χ4v) is 1.82. The van der Waals surface area contributed by atoms with Crippen LogP contribution in [0.15, 0.2) is 36.5 Å². The quantitative estimate of drug-likeness (QED) is 0.732. The highest BCUT2D eigenvalue weighted by molar-refractivity contribution is 5.53. The summed E-state index contributed by atoms with van der Waals surface area (Å²) in [5.74, 6) is 0. The zero-order valence-corrected chi connectivity index (χ0v) is 8.99. The van der Waals surface area contributed by atoms with E-state index in [1.54, 1.807) is 6.20 Å². The lowest BCUT2D eigenvalue weighted by atomic mass is 9.81. The highest BCUT2D eigenvalue weighted by Gasteiger charge is 2.26. The minimum absolute atomic E-state index is 0.137. The van der Waals surface area contributed by atoms with Gasteiger partial charge in [-0.05, 0) is 17.7 Å². The number of anilines is 1. The molecule has 0 spiro atoms. The van der Waals surface area contributed by atoms with Crippen molar-refractivity contribution >= 4 is 5.69 Å². The van der Waals surface area contributed by atoms with Gasteiger partial charge < -0.3 is 5.73 Å². The van der Waals surface area contributed by atoms with Gasteiger partial charge in [-0.2, -0.15) is 5.10 Å². The molecule has 0 aliphatic carbocycles. The van der Waals surface area contributed by atoms with Gasteiger partial charge in [0.2, 0.25) is 0 Å². The summed E-state index contributed by atoms with van der Waals surface area (Å²) in [5, 5.41) is 6.98. The van der Waals surface area contributed by atoms with Crippen molar-refractivity contribution in [3.05, 3.63) is 47.8 Å². The zero-order valence-electron chi connectivity index (χ0n) is 8.99.